The molecule has 166 valence electrons. The molecule has 0 aromatic heterocycles. The van der Waals surface area contributed by atoms with E-state index in [1.165, 1.54) is 11.0 Å². The number of alkyl halides is 2. The summed E-state index contributed by atoms with van der Waals surface area (Å²) in [6, 6.07) is -0.843. The van der Waals surface area contributed by atoms with E-state index in [0.29, 0.717) is 31.3 Å². The molecule has 0 radical (unpaired) electrons. The smallest absolute Gasteiger partial charge is 0.345 e. The second kappa shape index (κ2) is 9.69. The summed E-state index contributed by atoms with van der Waals surface area (Å²) in [6.07, 6.45) is 2.30. The molecule has 8 heteroatoms. The van der Waals surface area contributed by atoms with Gasteiger partial charge in [0, 0.05) is 11.5 Å². The first-order valence-electron chi connectivity index (χ1n) is 10.1. The molecule has 2 fully saturated rings. The molecule has 29 heavy (non-hydrogen) atoms. The first kappa shape index (κ1) is 25.1. The third kappa shape index (κ3) is 4.79. The number of amides is 3. The summed E-state index contributed by atoms with van der Waals surface area (Å²) < 4.78 is 29.7. The maximum atomic E-state index is 13.4. The van der Waals surface area contributed by atoms with Gasteiger partial charge < -0.3 is 15.2 Å². The third-order valence-corrected chi connectivity index (χ3v) is 5.78. The molecule has 2 N–H and O–H groups in total. The van der Waals surface area contributed by atoms with Gasteiger partial charge in [-0.05, 0) is 58.1 Å². The first-order chi connectivity index (χ1) is 13.4. The van der Waals surface area contributed by atoms with Crippen LogP contribution in [0.3, 0.4) is 0 Å². The quantitative estimate of drug-likeness (QED) is 0.366. The second-order valence-corrected chi connectivity index (χ2v) is 7.92. The summed E-state index contributed by atoms with van der Waals surface area (Å²) in [5.41, 5.74) is -1.62. The zero-order valence-corrected chi connectivity index (χ0v) is 18.2. The number of hydrogen-bond acceptors (Lipinski definition) is 4. The fourth-order valence-corrected chi connectivity index (χ4v) is 4.41. The zero-order chi connectivity index (χ0) is 22.6. The SMILES string of the molecule is C=C(O)/C=C(\C)C1(C2(C)CCC(OC(F)F)CC2)NC(=O)N(C(C)C)C1=O.CC. The van der Waals surface area contributed by atoms with Gasteiger partial charge >= 0.3 is 12.6 Å². The number of rotatable bonds is 6. The topological polar surface area (TPSA) is 78.9 Å². The van der Waals surface area contributed by atoms with Crippen LogP contribution in [0.4, 0.5) is 13.6 Å². The lowest BCUT2D eigenvalue weighted by Crippen LogP contribution is -2.61. The van der Waals surface area contributed by atoms with E-state index >= 15 is 0 Å². The number of aliphatic hydroxyl groups excluding tert-OH is 1. The van der Waals surface area contributed by atoms with Gasteiger partial charge in [0.15, 0.2) is 0 Å². The number of nitrogens with one attached hydrogen (secondary N) is 1. The van der Waals surface area contributed by atoms with E-state index in [9.17, 15) is 23.5 Å². The standard InChI is InChI=1S/C19H28F2N2O4.C2H6/c1-11(2)23-15(25)19(22-17(23)26,12(3)10-13(4)24)18(5)8-6-14(7-9-18)27-16(20)21;1-2/h10-11,14,16,24H,4,6-9H2,1-3,5H3,(H,22,26);1-2H3/b12-10+;. The molecular weight excluding hydrogens is 382 g/mol. The monoisotopic (exact) mass is 416 g/mol. The zero-order valence-electron chi connectivity index (χ0n) is 18.2. The van der Waals surface area contributed by atoms with Crippen LogP contribution in [-0.4, -0.2) is 46.2 Å². The molecule has 1 saturated carbocycles. The summed E-state index contributed by atoms with van der Waals surface area (Å²) in [5, 5.41) is 12.5. The Morgan fingerprint density at radius 3 is 2.21 bits per heavy atom. The van der Waals surface area contributed by atoms with E-state index in [1.54, 1.807) is 20.8 Å². The Labute approximate surface area is 172 Å². The Morgan fingerprint density at radius 1 is 1.31 bits per heavy atom. The van der Waals surface area contributed by atoms with E-state index in [-0.39, 0.29) is 11.8 Å². The predicted octanol–water partition coefficient (Wildman–Crippen LogP) is 4.92. The Kier molecular flexibility index (Phi) is 8.38. The van der Waals surface area contributed by atoms with Crippen LogP contribution in [0.25, 0.3) is 0 Å². The minimum Gasteiger partial charge on any atom is -0.509 e. The van der Waals surface area contributed by atoms with E-state index in [2.05, 4.69) is 16.6 Å². The molecule has 1 unspecified atom stereocenters. The lowest BCUT2D eigenvalue weighted by atomic mass is 9.59. The van der Waals surface area contributed by atoms with Crippen molar-refractivity contribution in [1.29, 1.82) is 0 Å². The molecule has 2 rings (SSSR count). The highest BCUT2D eigenvalue weighted by Crippen LogP contribution is 2.51. The number of imide groups is 1. The number of ether oxygens (including phenoxy) is 1. The van der Waals surface area contributed by atoms with Crippen LogP contribution in [0.5, 0.6) is 0 Å². The number of urea groups is 1. The Balaban J connectivity index is 0.00000204. The lowest BCUT2D eigenvalue weighted by molar-refractivity contribution is -0.177. The summed E-state index contributed by atoms with van der Waals surface area (Å²) >= 11 is 0. The van der Waals surface area contributed by atoms with Crippen molar-refractivity contribution in [2.45, 2.75) is 91.5 Å². The molecule has 1 atom stereocenters. The fourth-order valence-electron chi connectivity index (χ4n) is 4.41. The van der Waals surface area contributed by atoms with Crippen molar-refractivity contribution in [3.05, 3.63) is 24.0 Å². The van der Waals surface area contributed by atoms with Crippen molar-refractivity contribution in [1.82, 2.24) is 10.2 Å². The number of hydrogen-bond donors (Lipinski definition) is 2. The molecule has 3 amide bonds. The molecule has 1 aliphatic carbocycles. The van der Waals surface area contributed by atoms with Gasteiger partial charge in [-0.1, -0.05) is 27.4 Å². The van der Waals surface area contributed by atoms with Crippen LogP contribution in [-0.2, 0) is 9.53 Å². The minimum atomic E-state index is -2.84. The van der Waals surface area contributed by atoms with Gasteiger partial charge in [0.1, 0.15) is 11.3 Å². The Bertz CT molecular complexity index is 655. The van der Waals surface area contributed by atoms with Crippen LogP contribution in [0, 0.1) is 5.41 Å². The molecule has 0 spiro atoms. The molecule has 2 aliphatic rings. The van der Waals surface area contributed by atoms with Crippen LogP contribution in [0.2, 0.25) is 0 Å². The summed E-state index contributed by atoms with van der Waals surface area (Å²) in [6.45, 7) is 11.6. The summed E-state index contributed by atoms with van der Waals surface area (Å²) in [4.78, 5) is 27.2. The second-order valence-electron chi connectivity index (χ2n) is 7.92. The highest BCUT2D eigenvalue weighted by molar-refractivity contribution is 6.10. The average Bonchev–Trinajstić information content (AvgIpc) is 2.90. The van der Waals surface area contributed by atoms with Gasteiger partial charge in [-0.15, -0.1) is 0 Å². The number of carbonyl (C=O) groups is 2. The third-order valence-electron chi connectivity index (χ3n) is 5.78. The number of carbonyl (C=O) groups excluding carboxylic acids is 2. The van der Waals surface area contributed by atoms with Crippen molar-refractivity contribution < 1.29 is 28.2 Å². The van der Waals surface area contributed by atoms with Crippen LogP contribution >= 0.6 is 0 Å². The maximum Gasteiger partial charge on any atom is 0.345 e. The van der Waals surface area contributed by atoms with Gasteiger partial charge in [-0.2, -0.15) is 8.78 Å². The Morgan fingerprint density at radius 2 is 1.83 bits per heavy atom. The van der Waals surface area contributed by atoms with E-state index < -0.39 is 35.6 Å². The summed E-state index contributed by atoms with van der Waals surface area (Å²) in [5.74, 6) is -0.622. The molecule has 0 aromatic rings. The van der Waals surface area contributed by atoms with Crippen molar-refractivity contribution in [3.8, 4) is 0 Å². The molecule has 1 aliphatic heterocycles. The highest BCUT2D eigenvalue weighted by Gasteiger charge is 2.63. The fraction of sp³-hybridized carbons (Fsp3) is 0.714. The normalized spacial score (nSPS) is 30.3. The number of aliphatic hydroxyl groups is 1. The van der Waals surface area contributed by atoms with Crippen molar-refractivity contribution in [3.63, 3.8) is 0 Å². The highest BCUT2D eigenvalue weighted by atomic mass is 19.3. The molecule has 6 nitrogen and oxygen atoms in total. The van der Waals surface area contributed by atoms with E-state index in [0.717, 1.165) is 0 Å². The van der Waals surface area contributed by atoms with Gasteiger partial charge in [-0.3, -0.25) is 9.69 Å². The molecule has 1 saturated heterocycles. The van der Waals surface area contributed by atoms with Gasteiger partial charge in [0.05, 0.1) is 6.10 Å². The summed E-state index contributed by atoms with van der Waals surface area (Å²) in [7, 11) is 0. The van der Waals surface area contributed by atoms with Crippen molar-refractivity contribution in [2.75, 3.05) is 0 Å². The number of nitrogens with zero attached hydrogens (tertiary/aromatic N) is 1. The van der Waals surface area contributed by atoms with Crippen molar-refractivity contribution >= 4 is 11.9 Å². The van der Waals surface area contributed by atoms with E-state index in [1.807, 2.05) is 20.8 Å². The first-order valence-corrected chi connectivity index (χ1v) is 10.1. The Hall–Kier alpha value is -1.96. The lowest BCUT2D eigenvalue weighted by Gasteiger charge is -2.48. The maximum absolute atomic E-state index is 13.4. The van der Waals surface area contributed by atoms with Gasteiger partial charge in [0.25, 0.3) is 5.91 Å². The largest absolute Gasteiger partial charge is 0.509 e. The molecule has 0 aromatic carbocycles. The molecule has 0 bridgehead atoms. The average molecular weight is 417 g/mol. The van der Waals surface area contributed by atoms with Gasteiger partial charge in [-0.25, -0.2) is 4.79 Å². The van der Waals surface area contributed by atoms with Crippen LogP contribution in [0.1, 0.15) is 67.2 Å². The van der Waals surface area contributed by atoms with Crippen LogP contribution < -0.4 is 5.32 Å². The molecular formula is C21H34F2N2O4. The number of halogens is 2. The van der Waals surface area contributed by atoms with Crippen molar-refractivity contribution in [2.24, 2.45) is 5.41 Å². The predicted molar refractivity (Wildman–Crippen MR) is 108 cm³/mol. The number of allylic oxidation sites excluding steroid dienone is 1. The van der Waals surface area contributed by atoms with E-state index in [4.69, 9.17) is 0 Å². The van der Waals surface area contributed by atoms with Crippen LogP contribution in [0.15, 0.2) is 24.0 Å². The van der Waals surface area contributed by atoms with Gasteiger partial charge in [0.2, 0.25) is 0 Å². The molecule has 1 heterocycles. The minimum absolute atomic E-state index is 0.227.